The fourth-order valence-corrected chi connectivity index (χ4v) is 2.27. The predicted molar refractivity (Wildman–Crippen MR) is 79.5 cm³/mol. The molecule has 0 saturated heterocycles. The number of hydrogen-bond acceptors (Lipinski definition) is 4. The van der Waals surface area contributed by atoms with Crippen molar-refractivity contribution >= 4 is 34.9 Å². The Morgan fingerprint density at radius 2 is 2.29 bits per heavy atom. The maximum atomic E-state index is 12.2. The second-order valence-corrected chi connectivity index (χ2v) is 4.89. The zero-order chi connectivity index (χ0) is 15.0. The number of carbonyl (C=O) groups is 1. The van der Waals surface area contributed by atoms with Gasteiger partial charge in [0.25, 0.3) is 10.7 Å². The molecular formula is C14H10N4O2S. The molecule has 0 radical (unpaired) electrons. The van der Waals surface area contributed by atoms with E-state index < -0.39 is 0 Å². The van der Waals surface area contributed by atoms with Crippen molar-refractivity contribution in [2.45, 2.75) is 0 Å². The molecule has 0 spiro atoms. The van der Waals surface area contributed by atoms with Crippen molar-refractivity contribution in [3.05, 3.63) is 46.6 Å². The Morgan fingerprint density at radius 3 is 3.00 bits per heavy atom. The van der Waals surface area contributed by atoms with Crippen molar-refractivity contribution in [3.63, 3.8) is 0 Å². The highest BCUT2D eigenvalue weighted by Crippen LogP contribution is 2.19. The van der Waals surface area contributed by atoms with Crippen molar-refractivity contribution in [3.8, 4) is 6.07 Å². The molecule has 0 bridgehead atoms. The molecule has 0 fully saturated rings. The molecule has 2 N–H and O–H groups in total. The number of nitrogens with zero attached hydrogens (tertiary/aromatic N) is 2. The quantitative estimate of drug-likeness (QED) is 0.712. The summed E-state index contributed by atoms with van der Waals surface area (Å²) in [4.78, 5) is 15.4. The molecule has 7 heteroatoms. The summed E-state index contributed by atoms with van der Waals surface area (Å²) in [5.41, 5.74) is 2.77. The number of rotatable bonds is 2. The summed E-state index contributed by atoms with van der Waals surface area (Å²) in [5, 5.41) is 11.6. The van der Waals surface area contributed by atoms with Crippen LogP contribution in [-0.2, 0) is 7.05 Å². The van der Waals surface area contributed by atoms with Crippen LogP contribution < -0.4 is 5.32 Å². The first-order valence-electron chi connectivity index (χ1n) is 6.07. The maximum absolute atomic E-state index is 12.2. The van der Waals surface area contributed by atoms with Gasteiger partial charge in [-0.1, -0.05) is 0 Å². The molecule has 0 aliphatic carbocycles. The van der Waals surface area contributed by atoms with E-state index in [1.807, 2.05) is 6.07 Å². The number of oxazole rings is 1. The average molecular weight is 298 g/mol. The van der Waals surface area contributed by atoms with Gasteiger partial charge in [0.2, 0.25) is 0 Å². The number of amides is 1. The van der Waals surface area contributed by atoms with E-state index in [-0.39, 0.29) is 10.7 Å². The van der Waals surface area contributed by atoms with Crippen LogP contribution in [0.25, 0.3) is 11.1 Å². The van der Waals surface area contributed by atoms with Crippen molar-refractivity contribution < 1.29 is 9.21 Å². The maximum Gasteiger partial charge on any atom is 0.272 e. The van der Waals surface area contributed by atoms with Gasteiger partial charge in [0.15, 0.2) is 5.58 Å². The predicted octanol–water partition coefficient (Wildman–Crippen LogP) is 2.95. The summed E-state index contributed by atoms with van der Waals surface area (Å²) in [6.07, 6.45) is 1.60. The summed E-state index contributed by atoms with van der Waals surface area (Å²) in [7, 11) is 1.71. The highest BCUT2D eigenvalue weighted by Gasteiger charge is 2.12. The first-order chi connectivity index (χ1) is 10.1. The largest absolute Gasteiger partial charge is 0.429 e. The van der Waals surface area contributed by atoms with Gasteiger partial charge in [0, 0.05) is 25.0 Å². The van der Waals surface area contributed by atoms with Crippen molar-refractivity contribution in [2.75, 3.05) is 5.32 Å². The normalized spacial score (nSPS) is 10.5. The van der Waals surface area contributed by atoms with Crippen molar-refractivity contribution in [1.29, 1.82) is 5.26 Å². The molecule has 21 heavy (non-hydrogen) atoms. The van der Waals surface area contributed by atoms with Gasteiger partial charge in [-0.3, -0.25) is 4.79 Å². The molecule has 0 aliphatic rings. The third kappa shape index (κ3) is 2.44. The smallest absolute Gasteiger partial charge is 0.272 e. The Kier molecular flexibility index (Phi) is 3.08. The van der Waals surface area contributed by atoms with E-state index in [1.54, 1.807) is 36.0 Å². The van der Waals surface area contributed by atoms with Crippen LogP contribution in [0, 0.1) is 16.2 Å². The molecule has 3 rings (SSSR count). The second-order valence-electron chi connectivity index (χ2n) is 4.52. The summed E-state index contributed by atoms with van der Waals surface area (Å²) in [6, 6.07) is 8.75. The molecule has 6 nitrogen and oxygen atoms in total. The second kappa shape index (κ2) is 4.92. The van der Waals surface area contributed by atoms with Gasteiger partial charge in [0.05, 0.1) is 11.1 Å². The molecule has 2 heterocycles. The van der Waals surface area contributed by atoms with E-state index in [0.29, 0.717) is 22.5 Å². The van der Waals surface area contributed by atoms with E-state index in [2.05, 4.69) is 10.3 Å². The highest BCUT2D eigenvalue weighted by atomic mass is 32.1. The lowest BCUT2D eigenvalue weighted by molar-refractivity contribution is 0.101. The van der Waals surface area contributed by atoms with Crippen LogP contribution >= 0.6 is 12.2 Å². The van der Waals surface area contributed by atoms with Gasteiger partial charge in [0.1, 0.15) is 11.8 Å². The monoisotopic (exact) mass is 298 g/mol. The van der Waals surface area contributed by atoms with E-state index in [9.17, 15) is 4.79 Å². The first-order valence-corrected chi connectivity index (χ1v) is 6.48. The van der Waals surface area contributed by atoms with Crippen LogP contribution in [0.2, 0.25) is 0 Å². The van der Waals surface area contributed by atoms with Crippen LogP contribution in [0.1, 0.15) is 16.1 Å². The SMILES string of the molecule is Cn1cc(C#N)cc1C(=O)Nc1ccc2[nH]c(=S)oc2c1. The molecular weight excluding hydrogens is 288 g/mol. The number of hydrogen-bond donors (Lipinski definition) is 2. The number of fused-ring (bicyclic) bond motifs is 1. The number of aromatic nitrogens is 2. The van der Waals surface area contributed by atoms with Crippen molar-refractivity contribution in [1.82, 2.24) is 9.55 Å². The number of benzene rings is 1. The molecule has 3 aromatic rings. The third-order valence-electron chi connectivity index (χ3n) is 3.05. The average Bonchev–Trinajstić information content (AvgIpc) is 3.00. The molecule has 0 saturated carbocycles. The Balaban J connectivity index is 1.90. The minimum Gasteiger partial charge on any atom is -0.429 e. The summed E-state index contributed by atoms with van der Waals surface area (Å²) >= 11 is 4.91. The standard InChI is InChI=1S/C14H10N4O2S/c1-18-7-8(6-15)4-11(18)13(19)16-9-2-3-10-12(5-9)20-14(21)17-10/h2-5,7H,1H3,(H,16,19)(H,17,21). The fraction of sp³-hybridized carbons (Fsp3) is 0.0714. The van der Waals surface area contributed by atoms with Crippen LogP contribution in [0.3, 0.4) is 0 Å². The molecule has 0 aliphatic heterocycles. The highest BCUT2D eigenvalue weighted by molar-refractivity contribution is 7.71. The van der Waals surface area contributed by atoms with Gasteiger partial charge < -0.3 is 19.3 Å². The lowest BCUT2D eigenvalue weighted by Gasteiger charge is -2.05. The number of anilines is 1. The topological polar surface area (TPSA) is 86.8 Å². The zero-order valence-electron chi connectivity index (χ0n) is 11.0. The minimum atomic E-state index is -0.299. The van der Waals surface area contributed by atoms with Gasteiger partial charge in [-0.2, -0.15) is 5.26 Å². The zero-order valence-corrected chi connectivity index (χ0v) is 11.8. The minimum absolute atomic E-state index is 0.287. The van der Waals surface area contributed by atoms with Crippen LogP contribution in [0.15, 0.2) is 34.9 Å². The lowest BCUT2D eigenvalue weighted by atomic mass is 10.2. The number of nitrogens with one attached hydrogen (secondary N) is 2. The molecule has 2 aromatic heterocycles. The molecule has 1 amide bonds. The lowest BCUT2D eigenvalue weighted by Crippen LogP contribution is -2.15. The van der Waals surface area contributed by atoms with Gasteiger partial charge in [-0.05, 0) is 30.4 Å². The Labute approximate surface area is 124 Å². The third-order valence-corrected chi connectivity index (χ3v) is 3.23. The van der Waals surface area contributed by atoms with Crippen molar-refractivity contribution in [2.24, 2.45) is 7.05 Å². The van der Waals surface area contributed by atoms with E-state index in [1.165, 1.54) is 6.07 Å². The Bertz CT molecular complexity index is 942. The summed E-state index contributed by atoms with van der Waals surface area (Å²) < 4.78 is 6.91. The first kappa shape index (κ1) is 13.1. The van der Waals surface area contributed by atoms with E-state index in [4.69, 9.17) is 21.9 Å². The molecule has 0 atom stereocenters. The van der Waals surface area contributed by atoms with Gasteiger partial charge in [-0.15, -0.1) is 0 Å². The van der Waals surface area contributed by atoms with Gasteiger partial charge >= 0.3 is 0 Å². The van der Waals surface area contributed by atoms with E-state index in [0.717, 1.165) is 5.52 Å². The summed E-state index contributed by atoms with van der Waals surface area (Å²) in [6.45, 7) is 0. The molecule has 104 valence electrons. The van der Waals surface area contributed by atoms with Crippen LogP contribution in [0.4, 0.5) is 5.69 Å². The number of H-pyrrole nitrogens is 1. The Morgan fingerprint density at radius 1 is 1.48 bits per heavy atom. The number of nitriles is 1. The Hall–Kier alpha value is -2.85. The molecule has 1 aromatic carbocycles. The van der Waals surface area contributed by atoms with Crippen LogP contribution in [0.5, 0.6) is 0 Å². The number of aryl methyl sites for hydroxylation is 1. The number of carbonyl (C=O) groups excluding carboxylic acids is 1. The van der Waals surface area contributed by atoms with Crippen LogP contribution in [-0.4, -0.2) is 15.5 Å². The fourth-order valence-electron chi connectivity index (χ4n) is 2.07. The molecule has 0 unspecified atom stereocenters. The van der Waals surface area contributed by atoms with Gasteiger partial charge in [-0.25, -0.2) is 0 Å². The van der Waals surface area contributed by atoms with E-state index >= 15 is 0 Å². The number of aromatic amines is 1. The summed E-state index contributed by atoms with van der Waals surface area (Å²) in [5.74, 6) is -0.299.